The molecule has 0 fully saturated rings. The largest absolute Gasteiger partial charge is 0.454 e. The van der Waals surface area contributed by atoms with Crippen LogP contribution in [-0.4, -0.2) is 12.6 Å². The van der Waals surface area contributed by atoms with E-state index in [-0.39, 0.29) is 5.78 Å². The molecule has 1 aromatic rings. The van der Waals surface area contributed by atoms with E-state index in [1.54, 1.807) is 6.08 Å². The van der Waals surface area contributed by atoms with E-state index in [9.17, 15) is 4.79 Å². The molecule has 0 aliphatic carbocycles. The molecule has 2 rings (SSSR count). The molecule has 0 N–H and O–H groups in total. The van der Waals surface area contributed by atoms with Crippen LogP contribution in [0.5, 0.6) is 11.5 Å². The number of hydrogen-bond donors (Lipinski definition) is 0. The lowest BCUT2D eigenvalue weighted by Gasteiger charge is -1.99. The Morgan fingerprint density at radius 2 is 2.20 bits per heavy atom. The van der Waals surface area contributed by atoms with Crippen LogP contribution in [-0.2, 0) is 11.2 Å². The van der Waals surface area contributed by atoms with Gasteiger partial charge in [-0.05, 0) is 37.1 Å². The summed E-state index contributed by atoms with van der Waals surface area (Å²) in [5, 5.41) is 0. The molecule has 0 saturated heterocycles. The molecule has 78 valence electrons. The molecule has 0 amide bonds. The second-order valence-corrected chi connectivity index (χ2v) is 3.40. The molecular weight excluding hydrogens is 192 g/mol. The predicted octanol–water partition coefficient (Wildman–Crippen LogP) is 2.10. The fourth-order valence-corrected chi connectivity index (χ4v) is 1.43. The van der Waals surface area contributed by atoms with Gasteiger partial charge in [0.2, 0.25) is 6.79 Å². The third kappa shape index (κ3) is 2.37. The van der Waals surface area contributed by atoms with Gasteiger partial charge in [-0.2, -0.15) is 0 Å². The molecule has 15 heavy (non-hydrogen) atoms. The van der Waals surface area contributed by atoms with E-state index in [0.29, 0.717) is 6.79 Å². The summed E-state index contributed by atoms with van der Waals surface area (Å²) >= 11 is 0. The van der Waals surface area contributed by atoms with Gasteiger partial charge in [0, 0.05) is 0 Å². The number of ketones is 1. The third-order valence-electron chi connectivity index (χ3n) is 2.14. The van der Waals surface area contributed by atoms with Crippen LogP contribution in [0.3, 0.4) is 0 Å². The molecular formula is C12H12O3. The van der Waals surface area contributed by atoms with Crippen molar-refractivity contribution in [3.05, 3.63) is 35.9 Å². The van der Waals surface area contributed by atoms with Crippen molar-refractivity contribution in [2.45, 2.75) is 13.3 Å². The molecule has 1 heterocycles. The normalized spacial score (nSPS) is 13.4. The van der Waals surface area contributed by atoms with Gasteiger partial charge < -0.3 is 9.47 Å². The molecule has 0 saturated carbocycles. The Balaban J connectivity index is 2.07. The maximum absolute atomic E-state index is 10.7. The zero-order valence-corrected chi connectivity index (χ0v) is 8.53. The first-order valence-corrected chi connectivity index (χ1v) is 4.81. The smallest absolute Gasteiger partial charge is 0.231 e. The van der Waals surface area contributed by atoms with E-state index in [1.165, 1.54) is 6.92 Å². The SMILES string of the molecule is CC(=O)/C=C/Cc1ccc2c(c1)OCO2. The van der Waals surface area contributed by atoms with Crippen molar-refractivity contribution in [2.24, 2.45) is 0 Å². The molecule has 3 nitrogen and oxygen atoms in total. The van der Waals surface area contributed by atoms with Crippen LogP contribution in [0, 0.1) is 0 Å². The number of rotatable bonds is 3. The van der Waals surface area contributed by atoms with Crippen LogP contribution < -0.4 is 9.47 Å². The molecule has 0 aromatic heterocycles. The molecule has 1 aliphatic rings. The number of benzene rings is 1. The first kappa shape index (κ1) is 9.77. The zero-order chi connectivity index (χ0) is 10.7. The van der Waals surface area contributed by atoms with Gasteiger partial charge in [0.05, 0.1) is 0 Å². The van der Waals surface area contributed by atoms with Crippen molar-refractivity contribution in [1.29, 1.82) is 0 Å². The van der Waals surface area contributed by atoms with Gasteiger partial charge in [-0.3, -0.25) is 4.79 Å². The van der Waals surface area contributed by atoms with Crippen LogP contribution in [0.2, 0.25) is 0 Å². The van der Waals surface area contributed by atoms with E-state index in [0.717, 1.165) is 23.5 Å². The van der Waals surface area contributed by atoms with E-state index in [1.807, 2.05) is 24.3 Å². The van der Waals surface area contributed by atoms with Gasteiger partial charge in [0.15, 0.2) is 17.3 Å². The number of allylic oxidation sites excluding steroid dienone is 2. The van der Waals surface area contributed by atoms with E-state index >= 15 is 0 Å². The van der Waals surface area contributed by atoms with Crippen molar-refractivity contribution in [3.63, 3.8) is 0 Å². The van der Waals surface area contributed by atoms with Crippen molar-refractivity contribution < 1.29 is 14.3 Å². The highest BCUT2D eigenvalue weighted by Gasteiger charge is 2.12. The molecule has 0 spiro atoms. The maximum atomic E-state index is 10.7. The summed E-state index contributed by atoms with van der Waals surface area (Å²) < 4.78 is 10.5. The Kier molecular flexibility index (Phi) is 2.72. The van der Waals surface area contributed by atoms with Crippen LogP contribution >= 0.6 is 0 Å². The molecule has 3 heteroatoms. The quantitative estimate of drug-likeness (QED) is 0.707. The van der Waals surface area contributed by atoms with E-state index in [4.69, 9.17) is 9.47 Å². The maximum Gasteiger partial charge on any atom is 0.231 e. The standard InChI is InChI=1S/C12H12O3/c1-9(13)3-2-4-10-5-6-11-12(7-10)15-8-14-11/h2-3,5-7H,4,8H2,1H3/b3-2+. The number of hydrogen-bond acceptors (Lipinski definition) is 3. The second kappa shape index (κ2) is 4.17. The summed E-state index contributed by atoms with van der Waals surface area (Å²) in [7, 11) is 0. The highest BCUT2D eigenvalue weighted by molar-refractivity contribution is 5.87. The second-order valence-electron chi connectivity index (χ2n) is 3.40. The molecule has 0 unspecified atom stereocenters. The summed E-state index contributed by atoms with van der Waals surface area (Å²) in [5.74, 6) is 1.63. The Morgan fingerprint density at radius 3 is 3.00 bits per heavy atom. The molecule has 0 radical (unpaired) electrons. The first-order valence-electron chi connectivity index (χ1n) is 4.81. The molecule has 1 aliphatic heterocycles. The lowest BCUT2D eigenvalue weighted by Crippen LogP contribution is -1.92. The summed E-state index contributed by atoms with van der Waals surface area (Å²) in [6.45, 7) is 1.83. The molecule has 1 aromatic carbocycles. The monoisotopic (exact) mass is 204 g/mol. The Hall–Kier alpha value is -1.77. The van der Waals surface area contributed by atoms with Gasteiger partial charge in [-0.25, -0.2) is 0 Å². The minimum Gasteiger partial charge on any atom is -0.454 e. The van der Waals surface area contributed by atoms with Crippen molar-refractivity contribution in [2.75, 3.05) is 6.79 Å². The zero-order valence-electron chi connectivity index (χ0n) is 8.53. The predicted molar refractivity (Wildman–Crippen MR) is 56.1 cm³/mol. The highest BCUT2D eigenvalue weighted by Crippen LogP contribution is 2.32. The van der Waals surface area contributed by atoms with Crippen LogP contribution in [0.25, 0.3) is 0 Å². The molecule has 0 bridgehead atoms. The summed E-state index contributed by atoms with van der Waals surface area (Å²) in [4.78, 5) is 10.7. The van der Waals surface area contributed by atoms with Gasteiger partial charge in [-0.15, -0.1) is 0 Å². The topological polar surface area (TPSA) is 35.5 Å². The summed E-state index contributed by atoms with van der Waals surface area (Å²) in [6.07, 6.45) is 4.15. The van der Waals surface area contributed by atoms with Gasteiger partial charge in [0.25, 0.3) is 0 Å². The van der Waals surface area contributed by atoms with Gasteiger partial charge >= 0.3 is 0 Å². The fraction of sp³-hybridized carbons (Fsp3) is 0.250. The Labute approximate surface area is 88.3 Å². The van der Waals surface area contributed by atoms with Crippen molar-refractivity contribution >= 4 is 5.78 Å². The Bertz CT molecular complexity index is 407. The van der Waals surface area contributed by atoms with Crippen LogP contribution in [0.4, 0.5) is 0 Å². The average Bonchev–Trinajstić information content (AvgIpc) is 2.64. The van der Waals surface area contributed by atoms with Crippen molar-refractivity contribution in [1.82, 2.24) is 0 Å². The van der Waals surface area contributed by atoms with Gasteiger partial charge in [-0.1, -0.05) is 12.1 Å². The van der Waals surface area contributed by atoms with E-state index in [2.05, 4.69) is 0 Å². The molecule has 0 atom stereocenters. The Morgan fingerprint density at radius 1 is 1.40 bits per heavy atom. The summed E-state index contributed by atoms with van der Waals surface area (Å²) in [6, 6.07) is 5.80. The highest BCUT2D eigenvalue weighted by atomic mass is 16.7. The fourth-order valence-electron chi connectivity index (χ4n) is 1.43. The number of ether oxygens (including phenoxy) is 2. The minimum atomic E-state index is 0.0655. The number of carbonyl (C=O) groups excluding carboxylic acids is 1. The van der Waals surface area contributed by atoms with Crippen LogP contribution in [0.1, 0.15) is 12.5 Å². The first-order chi connectivity index (χ1) is 7.25. The third-order valence-corrected chi connectivity index (χ3v) is 2.14. The lowest BCUT2D eigenvalue weighted by atomic mass is 10.1. The van der Waals surface area contributed by atoms with Gasteiger partial charge in [0.1, 0.15) is 0 Å². The van der Waals surface area contributed by atoms with Crippen molar-refractivity contribution in [3.8, 4) is 11.5 Å². The lowest BCUT2D eigenvalue weighted by molar-refractivity contribution is -0.112. The van der Waals surface area contributed by atoms with Crippen LogP contribution in [0.15, 0.2) is 30.4 Å². The number of fused-ring (bicyclic) bond motifs is 1. The van der Waals surface area contributed by atoms with E-state index < -0.39 is 0 Å². The average molecular weight is 204 g/mol. The number of carbonyl (C=O) groups is 1. The summed E-state index contributed by atoms with van der Waals surface area (Å²) in [5.41, 5.74) is 1.11. The minimum absolute atomic E-state index is 0.0655.